The van der Waals surface area contributed by atoms with E-state index in [9.17, 15) is 4.79 Å². The van der Waals surface area contributed by atoms with Crippen molar-refractivity contribution in [1.29, 1.82) is 0 Å². The van der Waals surface area contributed by atoms with Gasteiger partial charge in [0.05, 0.1) is 33.3 Å². The van der Waals surface area contributed by atoms with Crippen molar-refractivity contribution in [3.05, 3.63) is 89.5 Å². The van der Waals surface area contributed by atoms with E-state index in [0.717, 1.165) is 22.4 Å². The van der Waals surface area contributed by atoms with E-state index >= 15 is 0 Å². The molecule has 5 heteroatoms. The number of ether oxygens (including phenoxy) is 3. The van der Waals surface area contributed by atoms with Crippen molar-refractivity contribution in [2.75, 3.05) is 21.3 Å². The highest BCUT2D eigenvalue weighted by Gasteiger charge is 2.26. The Bertz CT molecular complexity index is 937. The van der Waals surface area contributed by atoms with E-state index in [4.69, 9.17) is 14.2 Å². The Labute approximate surface area is 177 Å². The molecule has 0 bridgehead atoms. The maximum atomic E-state index is 13.2. The normalized spacial score (nSPS) is 11.6. The summed E-state index contributed by atoms with van der Waals surface area (Å²) in [4.78, 5) is 13.2. The monoisotopic (exact) mass is 405 g/mol. The van der Waals surface area contributed by atoms with E-state index in [0.29, 0.717) is 11.5 Å². The zero-order chi connectivity index (χ0) is 21.5. The largest absolute Gasteiger partial charge is 0.497 e. The molecule has 0 heterocycles. The van der Waals surface area contributed by atoms with Crippen LogP contribution in [-0.4, -0.2) is 27.2 Å². The molecule has 0 radical (unpaired) electrons. The minimum atomic E-state index is -0.425. The van der Waals surface area contributed by atoms with Crippen LogP contribution in [0.25, 0.3) is 0 Å². The third-order valence-corrected chi connectivity index (χ3v) is 5.20. The maximum Gasteiger partial charge on any atom is 0.228 e. The standard InChI is InChI=1S/C25H27NO4/c1-17(18-13-15-19(28-2)16-14-18)25(27)26-24(20-9-5-7-11-22(20)29-3)21-10-6-8-12-23(21)30-4/h5-17,24H,1-4H3,(H,26,27)/t17-/m0/s1. The molecule has 0 saturated heterocycles. The number of hydrogen-bond donors (Lipinski definition) is 1. The summed E-state index contributed by atoms with van der Waals surface area (Å²) in [5.41, 5.74) is 2.63. The van der Waals surface area contributed by atoms with Gasteiger partial charge in [-0.2, -0.15) is 0 Å². The summed E-state index contributed by atoms with van der Waals surface area (Å²) < 4.78 is 16.3. The molecular weight excluding hydrogens is 378 g/mol. The SMILES string of the molecule is COc1ccc([C@H](C)C(=O)NC(c2ccccc2OC)c2ccccc2OC)cc1. The van der Waals surface area contributed by atoms with Crippen molar-refractivity contribution in [1.82, 2.24) is 5.32 Å². The average Bonchev–Trinajstić information content (AvgIpc) is 2.82. The van der Waals surface area contributed by atoms with Crippen molar-refractivity contribution >= 4 is 5.91 Å². The predicted molar refractivity (Wildman–Crippen MR) is 117 cm³/mol. The van der Waals surface area contributed by atoms with Crippen molar-refractivity contribution in [3.63, 3.8) is 0 Å². The van der Waals surface area contributed by atoms with Crippen LogP contribution >= 0.6 is 0 Å². The second kappa shape index (κ2) is 9.83. The van der Waals surface area contributed by atoms with Crippen LogP contribution < -0.4 is 19.5 Å². The Hall–Kier alpha value is -3.47. The number of amides is 1. The van der Waals surface area contributed by atoms with Gasteiger partial charge in [0.15, 0.2) is 0 Å². The molecule has 0 aliphatic rings. The zero-order valence-corrected chi connectivity index (χ0v) is 17.7. The smallest absolute Gasteiger partial charge is 0.228 e. The van der Waals surface area contributed by atoms with Crippen LogP contribution in [0.2, 0.25) is 0 Å². The van der Waals surface area contributed by atoms with Crippen molar-refractivity contribution in [2.24, 2.45) is 0 Å². The second-order valence-electron chi connectivity index (χ2n) is 6.92. The lowest BCUT2D eigenvalue weighted by molar-refractivity contribution is -0.122. The molecule has 1 amide bonds. The Balaban J connectivity index is 1.96. The first-order valence-corrected chi connectivity index (χ1v) is 9.79. The molecule has 0 aliphatic carbocycles. The van der Waals surface area contributed by atoms with Crippen LogP contribution in [-0.2, 0) is 4.79 Å². The lowest BCUT2D eigenvalue weighted by Crippen LogP contribution is -2.33. The Morgan fingerprint density at radius 3 is 1.70 bits per heavy atom. The van der Waals surface area contributed by atoms with E-state index in [1.807, 2.05) is 79.7 Å². The van der Waals surface area contributed by atoms with E-state index < -0.39 is 6.04 Å². The van der Waals surface area contributed by atoms with Crippen LogP contribution in [0.5, 0.6) is 17.2 Å². The van der Waals surface area contributed by atoms with Crippen molar-refractivity contribution < 1.29 is 19.0 Å². The van der Waals surface area contributed by atoms with Gasteiger partial charge in [-0.1, -0.05) is 48.5 Å². The van der Waals surface area contributed by atoms with Gasteiger partial charge in [0.2, 0.25) is 5.91 Å². The van der Waals surface area contributed by atoms with E-state index in [2.05, 4.69) is 5.32 Å². The number of carbonyl (C=O) groups is 1. The lowest BCUT2D eigenvalue weighted by Gasteiger charge is -2.25. The van der Waals surface area contributed by atoms with Crippen LogP contribution in [0.15, 0.2) is 72.8 Å². The van der Waals surface area contributed by atoms with Gasteiger partial charge in [-0.3, -0.25) is 4.79 Å². The topological polar surface area (TPSA) is 56.8 Å². The summed E-state index contributed by atoms with van der Waals surface area (Å²) in [5, 5.41) is 3.20. The fourth-order valence-electron chi connectivity index (χ4n) is 3.44. The molecule has 3 aromatic carbocycles. The lowest BCUT2D eigenvalue weighted by atomic mass is 9.94. The first kappa shape index (κ1) is 21.2. The molecule has 0 unspecified atom stereocenters. The Morgan fingerprint density at radius 2 is 1.23 bits per heavy atom. The second-order valence-corrected chi connectivity index (χ2v) is 6.92. The number of nitrogens with one attached hydrogen (secondary N) is 1. The van der Waals surface area contributed by atoms with Crippen LogP contribution in [0.3, 0.4) is 0 Å². The quantitative estimate of drug-likeness (QED) is 0.589. The molecule has 0 saturated carbocycles. The summed E-state index contributed by atoms with van der Waals surface area (Å²) in [7, 11) is 4.87. The molecular formula is C25H27NO4. The van der Waals surface area contributed by atoms with Gasteiger partial charge in [-0.05, 0) is 36.8 Å². The van der Waals surface area contributed by atoms with Gasteiger partial charge in [0.25, 0.3) is 0 Å². The third-order valence-electron chi connectivity index (χ3n) is 5.20. The highest BCUT2D eigenvalue weighted by Crippen LogP contribution is 2.35. The first-order chi connectivity index (χ1) is 14.6. The zero-order valence-electron chi connectivity index (χ0n) is 17.7. The molecule has 5 nitrogen and oxygen atoms in total. The third kappa shape index (κ3) is 4.57. The molecule has 3 aromatic rings. The highest BCUT2D eigenvalue weighted by molar-refractivity contribution is 5.84. The van der Waals surface area contributed by atoms with Gasteiger partial charge in [0, 0.05) is 11.1 Å². The van der Waals surface area contributed by atoms with Crippen LogP contribution in [0, 0.1) is 0 Å². The average molecular weight is 405 g/mol. The molecule has 0 aliphatic heterocycles. The molecule has 0 spiro atoms. The molecule has 30 heavy (non-hydrogen) atoms. The Morgan fingerprint density at radius 1 is 0.733 bits per heavy atom. The summed E-state index contributed by atoms with van der Waals surface area (Å²) in [6.07, 6.45) is 0. The van der Waals surface area contributed by atoms with E-state index in [1.54, 1.807) is 21.3 Å². The van der Waals surface area contributed by atoms with Gasteiger partial charge in [-0.15, -0.1) is 0 Å². The predicted octanol–water partition coefficient (Wildman–Crippen LogP) is 4.72. The summed E-state index contributed by atoms with van der Waals surface area (Å²) in [6, 6.07) is 22.5. The van der Waals surface area contributed by atoms with Crippen LogP contribution in [0.4, 0.5) is 0 Å². The number of methoxy groups -OCH3 is 3. The van der Waals surface area contributed by atoms with Gasteiger partial charge in [0.1, 0.15) is 17.2 Å². The van der Waals surface area contributed by atoms with E-state index in [1.165, 1.54) is 0 Å². The molecule has 1 atom stereocenters. The molecule has 3 rings (SSSR count). The number of carbonyl (C=O) groups excluding carboxylic acids is 1. The number of hydrogen-bond acceptors (Lipinski definition) is 4. The maximum absolute atomic E-state index is 13.2. The van der Waals surface area contributed by atoms with Gasteiger partial charge < -0.3 is 19.5 Å². The number of rotatable bonds is 8. The van der Waals surface area contributed by atoms with Gasteiger partial charge in [-0.25, -0.2) is 0 Å². The van der Waals surface area contributed by atoms with E-state index in [-0.39, 0.29) is 11.8 Å². The molecule has 0 fully saturated rings. The van der Waals surface area contributed by atoms with Crippen LogP contribution in [0.1, 0.15) is 35.6 Å². The van der Waals surface area contributed by atoms with Crippen molar-refractivity contribution in [2.45, 2.75) is 18.9 Å². The fraction of sp³-hybridized carbons (Fsp3) is 0.240. The molecule has 1 N–H and O–H groups in total. The number of para-hydroxylation sites is 2. The molecule has 156 valence electrons. The first-order valence-electron chi connectivity index (χ1n) is 9.79. The molecule has 0 aromatic heterocycles. The summed E-state index contributed by atoms with van der Waals surface area (Å²) >= 11 is 0. The van der Waals surface area contributed by atoms with Gasteiger partial charge >= 0.3 is 0 Å². The minimum absolute atomic E-state index is 0.0954. The number of benzene rings is 3. The van der Waals surface area contributed by atoms with Crippen molar-refractivity contribution in [3.8, 4) is 17.2 Å². The Kier molecular flexibility index (Phi) is 6.96. The minimum Gasteiger partial charge on any atom is -0.497 e. The fourth-order valence-corrected chi connectivity index (χ4v) is 3.44. The highest BCUT2D eigenvalue weighted by atomic mass is 16.5. The summed E-state index contributed by atoms with van der Waals surface area (Å²) in [6.45, 7) is 1.89. The summed E-state index contributed by atoms with van der Waals surface area (Å²) in [5.74, 6) is 1.72.